The van der Waals surface area contributed by atoms with E-state index in [-0.39, 0.29) is 17.2 Å². The molecule has 10 heteroatoms. The van der Waals surface area contributed by atoms with Gasteiger partial charge in [0.05, 0.1) is 17.9 Å². The van der Waals surface area contributed by atoms with Crippen molar-refractivity contribution in [3.05, 3.63) is 59.7 Å². The van der Waals surface area contributed by atoms with Crippen molar-refractivity contribution in [2.75, 3.05) is 13.2 Å². The smallest absolute Gasteiger partial charge is 0.416 e. The summed E-state index contributed by atoms with van der Waals surface area (Å²) < 4.78 is 79.1. The third kappa shape index (κ3) is 4.34. The van der Waals surface area contributed by atoms with Gasteiger partial charge in [0, 0.05) is 18.6 Å². The molecular formula is C20H16F5NO4. The number of halogens is 5. The van der Waals surface area contributed by atoms with Crippen LogP contribution in [0.2, 0.25) is 0 Å². The third-order valence-electron chi connectivity index (χ3n) is 4.67. The Morgan fingerprint density at radius 2 is 1.80 bits per heavy atom. The molecule has 160 valence electrons. The van der Waals surface area contributed by atoms with Gasteiger partial charge in [-0.3, -0.25) is 10.3 Å². The van der Waals surface area contributed by atoms with Gasteiger partial charge in [0.1, 0.15) is 11.4 Å². The molecule has 2 aliphatic heterocycles. The summed E-state index contributed by atoms with van der Waals surface area (Å²) in [6, 6.07) is 8.14. The van der Waals surface area contributed by atoms with Gasteiger partial charge in [-0.2, -0.15) is 22.0 Å². The van der Waals surface area contributed by atoms with Crippen molar-refractivity contribution in [1.29, 1.82) is 0 Å². The molecule has 0 amide bonds. The van der Waals surface area contributed by atoms with E-state index >= 15 is 0 Å². The standard InChI is InChI=1S/C20H16F5NO4/c21-18(22)29-16-6-1-12(15-10-19(30-26-15)7-8-27-11-19)9-17(16)28-14-4-2-13(3-5-14)20(23,24)25/h1-6,9-10,18,26H,7-8,11H2. The number of ether oxygens (including phenoxy) is 3. The van der Waals surface area contributed by atoms with Crippen LogP contribution in [-0.4, -0.2) is 25.4 Å². The first-order chi connectivity index (χ1) is 14.2. The molecule has 0 radical (unpaired) electrons. The third-order valence-corrected chi connectivity index (χ3v) is 4.67. The zero-order chi connectivity index (χ0) is 21.4. The number of alkyl halides is 5. The van der Waals surface area contributed by atoms with Gasteiger partial charge in [0.15, 0.2) is 11.5 Å². The van der Waals surface area contributed by atoms with Crippen LogP contribution in [0.1, 0.15) is 17.5 Å². The highest BCUT2D eigenvalue weighted by Gasteiger charge is 2.39. The molecule has 30 heavy (non-hydrogen) atoms. The molecular weight excluding hydrogens is 413 g/mol. The van der Waals surface area contributed by atoms with Crippen LogP contribution >= 0.6 is 0 Å². The van der Waals surface area contributed by atoms with Crippen LogP contribution < -0.4 is 15.0 Å². The van der Waals surface area contributed by atoms with Crippen molar-refractivity contribution in [2.45, 2.75) is 24.8 Å². The minimum atomic E-state index is -4.50. The Balaban J connectivity index is 1.62. The largest absolute Gasteiger partial charge is 0.453 e. The first-order valence-corrected chi connectivity index (χ1v) is 8.93. The summed E-state index contributed by atoms with van der Waals surface area (Å²) in [6.07, 6.45) is -2.00. The van der Waals surface area contributed by atoms with Crippen LogP contribution in [0.5, 0.6) is 17.2 Å². The van der Waals surface area contributed by atoms with Gasteiger partial charge in [-0.1, -0.05) is 0 Å². The van der Waals surface area contributed by atoms with E-state index in [1.165, 1.54) is 18.2 Å². The van der Waals surface area contributed by atoms with Gasteiger partial charge in [0.25, 0.3) is 0 Å². The van der Waals surface area contributed by atoms with Crippen molar-refractivity contribution < 1.29 is 41.0 Å². The highest BCUT2D eigenvalue weighted by atomic mass is 19.4. The van der Waals surface area contributed by atoms with Gasteiger partial charge in [-0.05, 0) is 48.5 Å². The molecule has 0 saturated carbocycles. The minimum absolute atomic E-state index is 0.0320. The summed E-state index contributed by atoms with van der Waals surface area (Å²) in [5, 5.41) is 0. The van der Waals surface area contributed by atoms with E-state index in [4.69, 9.17) is 14.3 Å². The van der Waals surface area contributed by atoms with E-state index in [9.17, 15) is 22.0 Å². The number of hydrogen-bond acceptors (Lipinski definition) is 5. The Morgan fingerprint density at radius 1 is 1.03 bits per heavy atom. The lowest BCUT2D eigenvalue weighted by Gasteiger charge is -2.15. The topological polar surface area (TPSA) is 49.0 Å². The van der Waals surface area contributed by atoms with Crippen molar-refractivity contribution in [3.8, 4) is 17.2 Å². The summed E-state index contributed by atoms with van der Waals surface area (Å²) >= 11 is 0. The molecule has 1 saturated heterocycles. The number of nitrogens with one attached hydrogen (secondary N) is 1. The fourth-order valence-corrected chi connectivity index (χ4v) is 3.16. The molecule has 1 unspecified atom stereocenters. The summed E-state index contributed by atoms with van der Waals surface area (Å²) in [5.74, 6) is -0.310. The molecule has 1 atom stereocenters. The maximum Gasteiger partial charge on any atom is 0.416 e. The molecule has 0 aromatic heterocycles. The maximum absolute atomic E-state index is 12.8. The first kappa shape index (κ1) is 20.4. The molecule has 2 heterocycles. The molecule has 1 N–H and O–H groups in total. The average molecular weight is 429 g/mol. The highest BCUT2D eigenvalue weighted by Crippen LogP contribution is 2.39. The lowest BCUT2D eigenvalue weighted by Crippen LogP contribution is -2.29. The van der Waals surface area contributed by atoms with Gasteiger partial charge >= 0.3 is 12.8 Å². The molecule has 2 aromatic carbocycles. The summed E-state index contributed by atoms with van der Waals surface area (Å²) in [7, 11) is 0. The SMILES string of the molecule is FC(F)Oc1ccc(C2=CC3(CCOC3)ON2)cc1Oc1ccc(C(F)(F)F)cc1. The molecule has 2 aromatic rings. The van der Waals surface area contributed by atoms with Crippen LogP contribution in [0.25, 0.3) is 5.70 Å². The number of hydrogen-bond donors (Lipinski definition) is 1. The van der Waals surface area contributed by atoms with Crippen LogP contribution in [0.15, 0.2) is 48.5 Å². The first-order valence-electron chi connectivity index (χ1n) is 8.93. The van der Waals surface area contributed by atoms with Crippen LogP contribution in [0.3, 0.4) is 0 Å². The van der Waals surface area contributed by atoms with Crippen molar-refractivity contribution >= 4 is 5.70 Å². The van der Waals surface area contributed by atoms with E-state index in [0.717, 1.165) is 24.3 Å². The predicted octanol–water partition coefficient (Wildman–Crippen LogP) is 5.13. The minimum Gasteiger partial charge on any atom is -0.453 e. The van der Waals surface area contributed by atoms with Gasteiger partial charge in [-0.15, -0.1) is 0 Å². The van der Waals surface area contributed by atoms with Gasteiger partial charge < -0.3 is 14.2 Å². The predicted molar refractivity (Wildman–Crippen MR) is 95.0 cm³/mol. The van der Waals surface area contributed by atoms with Crippen LogP contribution in [-0.2, 0) is 15.8 Å². The van der Waals surface area contributed by atoms with E-state index in [2.05, 4.69) is 10.2 Å². The zero-order valence-electron chi connectivity index (χ0n) is 15.3. The van der Waals surface area contributed by atoms with E-state index in [1.807, 2.05) is 6.08 Å². The quantitative estimate of drug-likeness (QED) is 0.668. The Bertz CT molecular complexity index is 937. The van der Waals surface area contributed by atoms with E-state index in [1.54, 1.807) is 0 Å². The fraction of sp³-hybridized carbons (Fsp3) is 0.300. The molecule has 1 spiro atoms. The second kappa shape index (κ2) is 7.77. The Morgan fingerprint density at radius 3 is 2.43 bits per heavy atom. The van der Waals surface area contributed by atoms with Crippen molar-refractivity contribution in [2.24, 2.45) is 0 Å². The van der Waals surface area contributed by atoms with Gasteiger partial charge in [0.2, 0.25) is 0 Å². The Labute approximate surface area is 167 Å². The second-order valence-corrected chi connectivity index (χ2v) is 6.79. The van der Waals surface area contributed by atoms with E-state index < -0.39 is 24.0 Å². The van der Waals surface area contributed by atoms with Crippen molar-refractivity contribution in [1.82, 2.24) is 5.48 Å². The second-order valence-electron chi connectivity index (χ2n) is 6.79. The summed E-state index contributed by atoms with van der Waals surface area (Å²) in [5.41, 5.74) is 2.49. The lowest BCUT2D eigenvalue weighted by atomic mass is 10.0. The maximum atomic E-state index is 12.8. The molecule has 0 bridgehead atoms. The average Bonchev–Trinajstić information content (AvgIpc) is 3.32. The van der Waals surface area contributed by atoms with Gasteiger partial charge in [-0.25, -0.2) is 0 Å². The zero-order valence-corrected chi connectivity index (χ0v) is 15.3. The van der Waals surface area contributed by atoms with Crippen molar-refractivity contribution in [3.63, 3.8) is 0 Å². The van der Waals surface area contributed by atoms with Crippen LogP contribution in [0.4, 0.5) is 22.0 Å². The summed E-state index contributed by atoms with van der Waals surface area (Å²) in [4.78, 5) is 5.60. The fourth-order valence-electron chi connectivity index (χ4n) is 3.16. The number of rotatable bonds is 5. The normalized spacial score (nSPS) is 21.1. The monoisotopic (exact) mass is 429 g/mol. The summed E-state index contributed by atoms with van der Waals surface area (Å²) in [6.45, 7) is -2.17. The number of hydroxylamine groups is 1. The molecule has 0 aliphatic carbocycles. The molecule has 5 nitrogen and oxygen atoms in total. The highest BCUT2D eigenvalue weighted by molar-refractivity contribution is 5.68. The molecule has 4 rings (SSSR count). The van der Waals surface area contributed by atoms with E-state index in [0.29, 0.717) is 30.9 Å². The Kier molecular flexibility index (Phi) is 5.29. The molecule has 1 fully saturated rings. The van der Waals surface area contributed by atoms with Crippen LogP contribution in [0, 0.1) is 0 Å². The Hall–Kier alpha value is -2.85. The lowest BCUT2D eigenvalue weighted by molar-refractivity contribution is -0.137. The molecule has 2 aliphatic rings. The number of benzene rings is 2.